The number of carbonyl (C=O) groups is 1. The van der Waals surface area contributed by atoms with Crippen molar-refractivity contribution in [3.8, 4) is 11.4 Å². The van der Waals surface area contributed by atoms with Gasteiger partial charge >= 0.3 is 5.91 Å². The first-order valence-electron chi connectivity index (χ1n) is 7.04. The fourth-order valence-corrected chi connectivity index (χ4v) is 3.18. The summed E-state index contributed by atoms with van der Waals surface area (Å²) < 4.78 is 21.3. The number of amides is 1. The summed E-state index contributed by atoms with van der Waals surface area (Å²) in [6.45, 7) is 1.68. The Hall–Kier alpha value is -2.87. The highest BCUT2D eigenvalue weighted by Gasteiger charge is 2.13. The highest BCUT2D eigenvalue weighted by Crippen LogP contribution is 2.16. The number of hydrogen-bond acceptors (Lipinski definition) is 6. The highest BCUT2D eigenvalue weighted by atomic mass is 32.2. The molecule has 0 aliphatic rings. The van der Waals surface area contributed by atoms with Crippen LogP contribution in [0.5, 0.6) is 0 Å². The van der Waals surface area contributed by atoms with Crippen molar-refractivity contribution in [2.24, 2.45) is 4.36 Å². The molecule has 0 radical (unpaired) electrons. The molecule has 0 saturated carbocycles. The predicted octanol–water partition coefficient (Wildman–Crippen LogP) is 2.74. The van der Waals surface area contributed by atoms with Gasteiger partial charge in [0.15, 0.2) is 0 Å². The van der Waals surface area contributed by atoms with Crippen LogP contribution < -0.4 is 0 Å². The molecule has 122 valence electrons. The van der Waals surface area contributed by atoms with Gasteiger partial charge in [0.2, 0.25) is 11.7 Å². The van der Waals surface area contributed by atoms with Crippen LogP contribution >= 0.6 is 0 Å². The normalized spacial score (nSPS) is 13.2. The minimum absolute atomic E-state index is 0.101. The zero-order chi connectivity index (χ0) is 17.2. The van der Waals surface area contributed by atoms with Gasteiger partial charge in [0.25, 0.3) is 0 Å². The average Bonchev–Trinajstić information content (AvgIpc) is 3.02. The summed E-state index contributed by atoms with van der Waals surface area (Å²) in [5, 5.41) is 3.78. The molecular weight excluding hydrogens is 328 g/mol. The van der Waals surface area contributed by atoms with Crippen molar-refractivity contribution in [3.63, 3.8) is 0 Å². The Labute approximate surface area is 138 Å². The van der Waals surface area contributed by atoms with Crippen molar-refractivity contribution in [3.05, 3.63) is 60.2 Å². The van der Waals surface area contributed by atoms with E-state index in [1.807, 2.05) is 0 Å². The van der Waals surface area contributed by atoms with Crippen LogP contribution in [0.2, 0.25) is 0 Å². The molecule has 24 heavy (non-hydrogen) atoms. The zero-order valence-corrected chi connectivity index (χ0v) is 13.9. The zero-order valence-electron chi connectivity index (χ0n) is 13.0. The fraction of sp³-hybridized carbons (Fsp3) is 0.125. The molecule has 1 amide bonds. The molecule has 0 N–H and O–H groups in total. The van der Waals surface area contributed by atoms with Crippen LogP contribution in [0.1, 0.15) is 16.4 Å². The number of carbonyl (C=O) groups excluding carboxylic acids is 1. The standard InChI is InChI=1S/C16H14N4O3S/c1-11-18-15(19-23-11)12-8-9-14(17-10-12)16(21)20-24(2,22)13-6-4-3-5-7-13/h3-10H,1-2H3. The lowest BCUT2D eigenvalue weighted by Gasteiger charge is -2.03. The van der Waals surface area contributed by atoms with Gasteiger partial charge in [-0.15, -0.1) is 0 Å². The van der Waals surface area contributed by atoms with Gasteiger partial charge in [0.1, 0.15) is 5.69 Å². The van der Waals surface area contributed by atoms with Gasteiger partial charge in [-0.2, -0.15) is 9.35 Å². The van der Waals surface area contributed by atoms with Crippen molar-refractivity contribution in [2.45, 2.75) is 11.8 Å². The Balaban J connectivity index is 1.88. The smallest absolute Gasteiger partial charge is 0.303 e. The van der Waals surface area contributed by atoms with Gasteiger partial charge in [-0.3, -0.25) is 9.78 Å². The van der Waals surface area contributed by atoms with Crippen LogP contribution in [0.15, 0.2) is 62.4 Å². The lowest BCUT2D eigenvalue weighted by atomic mass is 10.2. The first-order valence-corrected chi connectivity index (χ1v) is 8.96. The van der Waals surface area contributed by atoms with E-state index in [-0.39, 0.29) is 5.69 Å². The number of rotatable bonds is 3. The molecule has 0 saturated heterocycles. The number of aromatic nitrogens is 3. The third kappa shape index (κ3) is 3.38. The first-order chi connectivity index (χ1) is 11.5. The second-order valence-corrected chi connectivity index (χ2v) is 7.34. The molecule has 8 heteroatoms. The van der Waals surface area contributed by atoms with Crippen molar-refractivity contribution >= 4 is 15.6 Å². The van der Waals surface area contributed by atoms with E-state index in [1.54, 1.807) is 43.3 Å². The monoisotopic (exact) mass is 342 g/mol. The van der Waals surface area contributed by atoms with E-state index in [4.69, 9.17) is 4.52 Å². The van der Waals surface area contributed by atoms with Gasteiger partial charge < -0.3 is 4.52 Å². The maximum absolute atomic E-state index is 12.6. The third-order valence-corrected chi connectivity index (χ3v) is 4.87. The first kappa shape index (κ1) is 16.0. The van der Waals surface area contributed by atoms with Gasteiger partial charge in [-0.25, -0.2) is 4.21 Å². The molecule has 0 aliphatic carbocycles. The maximum Gasteiger partial charge on any atom is 0.303 e. The lowest BCUT2D eigenvalue weighted by Crippen LogP contribution is -2.05. The third-order valence-electron chi connectivity index (χ3n) is 3.21. The molecule has 2 heterocycles. The number of pyridine rings is 1. The largest absolute Gasteiger partial charge is 0.339 e. The molecule has 0 fully saturated rings. The predicted molar refractivity (Wildman–Crippen MR) is 87.8 cm³/mol. The Morgan fingerprint density at radius 3 is 2.50 bits per heavy atom. The Morgan fingerprint density at radius 2 is 1.92 bits per heavy atom. The minimum Gasteiger partial charge on any atom is -0.339 e. The van der Waals surface area contributed by atoms with Crippen LogP contribution in [-0.2, 0) is 9.73 Å². The Bertz CT molecular complexity index is 988. The number of hydrogen-bond donors (Lipinski definition) is 0. The molecule has 2 aromatic heterocycles. The fourth-order valence-electron chi connectivity index (χ4n) is 2.00. The number of aryl methyl sites for hydroxylation is 1. The van der Waals surface area contributed by atoms with Crippen LogP contribution in [0.25, 0.3) is 11.4 Å². The van der Waals surface area contributed by atoms with E-state index in [1.165, 1.54) is 18.5 Å². The summed E-state index contributed by atoms with van der Waals surface area (Å²) in [7, 11) is -2.82. The minimum atomic E-state index is -2.82. The molecule has 0 bridgehead atoms. The van der Waals surface area contributed by atoms with E-state index in [0.29, 0.717) is 22.2 Å². The number of benzene rings is 1. The van der Waals surface area contributed by atoms with E-state index >= 15 is 0 Å². The summed E-state index contributed by atoms with van der Waals surface area (Å²) in [6.07, 6.45) is 2.88. The summed E-state index contributed by atoms with van der Waals surface area (Å²) >= 11 is 0. The van der Waals surface area contributed by atoms with E-state index < -0.39 is 15.6 Å². The highest BCUT2D eigenvalue weighted by molar-refractivity contribution is 7.93. The number of nitrogens with zero attached hydrogens (tertiary/aromatic N) is 4. The van der Waals surface area contributed by atoms with Gasteiger partial charge in [0, 0.05) is 29.8 Å². The van der Waals surface area contributed by atoms with Crippen molar-refractivity contribution in [1.29, 1.82) is 0 Å². The summed E-state index contributed by atoms with van der Waals surface area (Å²) in [6, 6.07) is 11.8. The molecule has 1 atom stereocenters. The lowest BCUT2D eigenvalue weighted by molar-refractivity contribution is 0.100. The van der Waals surface area contributed by atoms with Crippen molar-refractivity contribution in [2.75, 3.05) is 6.26 Å². The molecule has 3 aromatic rings. The second-order valence-electron chi connectivity index (χ2n) is 5.08. The van der Waals surface area contributed by atoms with E-state index in [0.717, 1.165) is 0 Å². The van der Waals surface area contributed by atoms with Crippen molar-refractivity contribution in [1.82, 2.24) is 15.1 Å². The summed E-state index contributed by atoms with van der Waals surface area (Å²) in [5.41, 5.74) is 0.716. The molecule has 7 nitrogen and oxygen atoms in total. The Kier molecular flexibility index (Phi) is 4.22. The molecule has 1 aromatic carbocycles. The maximum atomic E-state index is 12.6. The SMILES string of the molecule is Cc1nc(-c2ccc(C(=O)N=S(C)(=O)c3ccccc3)nc2)no1. The van der Waals surface area contributed by atoms with Crippen LogP contribution in [-0.4, -0.2) is 31.5 Å². The topological polar surface area (TPSA) is 98.3 Å². The van der Waals surface area contributed by atoms with Gasteiger partial charge in [0.05, 0.1) is 9.73 Å². The average molecular weight is 342 g/mol. The van der Waals surface area contributed by atoms with Crippen LogP contribution in [0.3, 0.4) is 0 Å². The Morgan fingerprint density at radius 1 is 1.17 bits per heavy atom. The van der Waals surface area contributed by atoms with E-state index in [2.05, 4.69) is 19.5 Å². The van der Waals surface area contributed by atoms with Gasteiger partial charge in [-0.1, -0.05) is 23.4 Å². The second kappa shape index (κ2) is 6.32. The molecule has 0 aliphatic heterocycles. The van der Waals surface area contributed by atoms with Gasteiger partial charge in [-0.05, 0) is 24.3 Å². The van der Waals surface area contributed by atoms with E-state index in [9.17, 15) is 9.00 Å². The van der Waals surface area contributed by atoms with Crippen LogP contribution in [0.4, 0.5) is 0 Å². The molecular formula is C16H14N4O3S. The van der Waals surface area contributed by atoms with Crippen molar-refractivity contribution < 1.29 is 13.5 Å². The summed E-state index contributed by atoms with van der Waals surface area (Å²) in [5.74, 6) is 0.190. The quantitative estimate of drug-likeness (QED) is 0.726. The molecule has 1 unspecified atom stereocenters. The summed E-state index contributed by atoms with van der Waals surface area (Å²) in [4.78, 5) is 20.9. The molecule has 0 spiro atoms. The molecule has 3 rings (SSSR count). The van der Waals surface area contributed by atoms with Crippen LogP contribution in [0, 0.1) is 6.92 Å².